The largest absolute Gasteiger partial charge is 0.494 e. The average Bonchev–Trinajstić information content (AvgIpc) is 2.36. The smallest absolute Gasteiger partial charge is 0.150 e. The summed E-state index contributed by atoms with van der Waals surface area (Å²) in [5, 5.41) is 0. The highest BCUT2D eigenvalue weighted by molar-refractivity contribution is 7.91. The maximum absolute atomic E-state index is 11.8. The molecule has 1 rings (SSSR count). The maximum Gasteiger partial charge on any atom is 0.150 e. The first-order valence-corrected chi connectivity index (χ1v) is 8.44. The molecule has 0 saturated heterocycles. The molecule has 0 fully saturated rings. The van der Waals surface area contributed by atoms with Gasteiger partial charge in [-0.2, -0.15) is 0 Å². The van der Waals surface area contributed by atoms with Gasteiger partial charge in [0.05, 0.1) is 18.1 Å². The van der Waals surface area contributed by atoms with Gasteiger partial charge in [0.25, 0.3) is 0 Å². The summed E-state index contributed by atoms with van der Waals surface area (Å²) in [6, 6.07) is 7.08. The van der Waals surface area contributed by atoms with Crippen LogP contribution in [0.4, 0.5) is 5.69 Å². The van der Waals surface area contributed by atoms with E-state index in [4.69, 9.17) is 10.5 Å². The molecule has 1 atom stereocenters. The molecular formula is C14H23NO3S. The van der Waals surface area contributed by atoms with Crippen molar-refractivity contribution in [3.8, 4) is 5.75 Å². The third kappa shape index (κ3) is 6.47. The van der Waals surface area contributed by atoms with E-state index in [-0.39, 0.29) is 17.4 Å². The van der Waals surface area contributed by atoms with Crippen LogP contribution in [-0.4, -0.2) is 26.5 Å². The summed E-state index contributed by atoms with van der Waals surface area (Å²) in [4.78, 5) is 0. The highest BCUT2D eigenvalue weighted by atomic mass is 32.2. The second-order valence-corrected chi connectivity index (χ2v) is 7.13. The maximum atomic E-state index is 11.8. The molecule has 0 bridgehead atoms. The fourth-order valence-corrected chi connectivity index (χ4v) is 3.49. The minimum Gasteiger partial charge on any atom is -0.494 e. The van der Waals surface area contributed by atoms with E-state index >= 15 is 0 Å². The third-order valence-corrected chi connectivity index (χ3v) is 4.97. The van der Waals surface area contributed by atoms with Gasteiger partial charge in [-0.05, 0) is 36.6 Å². The first kappa shape index (κ1) is 15.8. The van der Waals surface area contributed by atoms with E-state index in [1.807, 2.05) is 13.8 Å². The lowest BCUT2D eigenvalue weighted by Crippen LogP contribution is -2.18. The molecule has 0 aliphatic heterocycles. The fourth-order valence-electron chi connectivity index (χ4n) is 1.67. The van der Waals surface area contributed by atoms with Gasteiger partial charge in [-0.25, -0.2) is 8.42 Å². The average molecular weight is 285 g/mol. The number of sulfone groups is 1. The van der Waals surface area contributed by atoms with Crippen LogP contribution in [-0.2, 0) is 9.84 Å². The fraction of sp³-hybridized carbons (Fsp3) is 0.571. The van der Waals surface area contributed by atoms with Gasteiger partial charge in [0.1, 0.15) is 5.75 Å². The number of hydrogen-bond acceptors (Lipinski definition) is 4. The van der Waals surface area contributed by atoms with Gasteiger partial charge in [0, 0.05) is 5.69 Å². The molecule has 108 valence electrons. The molecule has 0 spiro atoms. The van der Waals surface area contributed by atoms with Crippen molar-refractivity contribution in [3.05, 3.63) is 24.3 Å². The standard InChI is InChI=1S/C14H23NO3S/c1-3-12(2)11-19(16,17)10-4-9-18-14-7-5-13(15)6-8-14/h5-8,12H,3-4,9-11,15H2,1-2H3. The molecule has 0 aliphatic rings. The lowest BCUT2D eigenvalue weighted by atomic mass is 10.2. The molecule has 0 heterocycles. The van der Waals surface area contributed by atoms with Crippen molar-refractivity contribution in [1.82, 2.24) is 0 Å². The minimum atomic E-state index is -2.95. The molecule has 0 aliphatic carbocycles. The molecule has 4 nitrogen and oxygen atoms in total. The van der Waals surface area contributed by atoms with Crippen LogP contribution in [0.25, 0.3) is 0 Å². The monoisotopic (exact) mass is 285 g/mol. The second kappa shape index (κ2) is 7.38. The Hall–Kier alpha value is -1.23. The Morgan fingerprint density at radius 1 is 1.26 bits per heavy atom. The molecule has 0 aromatic heterocycles. The molecule has 2 N–H and O–H groups in total. The summed E-state index contributed by atoms with van der Waals surface area (Å²) >= 11 is 0. The molecule has 1 unspecified atom stereocenters. The SMILES string of the molecule is CCC(C)CS(=O)(=O)CCCOc1ccc(N)cc1. The first-order chi connectivity index (χ1) is 8.93. The number of benzene rings is 1. The van der Waals surface area contributed by atoms with E-state index in [2.05, 4.69) is 0 Å². The zero-order valence-electron chi connectivity index (χ0n) is 11.6. The molecule has 1 aromatic carbocycles. The minimum absolute atomic E-state index is 0.187. The molecule has 19 heavy (non-hydrogen) atoms. The normalized spacial score (nSPS) is 13.2. The zero-order valence-corrected chi connectivity index (χ0v) is 12.4. The Labute approximate surface area is 115 Å². The van der Waals surface area contributed by atoms with Crippen molar-refractivity contribution in [2.24, 2.45) is 5.92 Å². The van der Waals surface area contributed by atoms with Gasteiger partial charge in [-0.3, -0.25) is 0 Å². The van der Waals surface area contributed by atoms with Crippen molar-refractivity contribution < 1.29 is 13.2 Å². The predicted octanol–water partition coefficient (Wildman–Crippen LogP) is 2.50. The zero-order chi connectivity index (χ0) is 14.3. The molecule has 5 heteroatoms. The van der Waals surface area contributed by atoms with Crippen LogP contribution in [0.2, 0.25) is 0 Å². The van der Waals surface area contributed by atoms with Gasteiger partial charge < -0.3 is 10.5 Å². The van der Waals surface area contributed by atoms with Gasteiger partial charge in [0.15, 0.2) is 9.84 Å². The van der Waals surface area contributed by atoms with Crippen LogP contribution in [0.3, 0.4) is 0 Å². The van der Waals surface area contributed by atoms with Gasteiger partial charge in [-0.15, -0.1) is 0 Å². The van der Waals surface area contributed by atoms with Crippen molar-refractivity contribution in [1.29, 1.82) is 0 Å². The predicted molar refractivity (Wildman–Crippen MR) is 79.1 cm³/mol. The molecule has 1 aromatic rings. The summed E-state index contributed by atoms with van der Waals surface area (Å²) < 4.78 is 29.0. The van der Waals surface area contributed by atoms with Gasteiger partial charge in [0.2, 0.25) is 0 Å². The van der Waals surface area contributed by atoms with Gasteiger partial charge in [-0.1, -0.05) is 20.3 Å². The highest BCUT2D eigenvalue weighted by Gasteiger charge is 2.14. The van der Waals surface area contributed by atoms with Crippen molar-refractivity contribution in [2.45, 2.75) is 26.7 Å². The van der Waals surface area contributed by atoms with Crippen LogP contribution in [0.1, 0.15) is 26.7 Å². The Kier molecular flexibility index (Phi) is 6.15. The van der Waals surface area contributed by atoms with E-state index in [9.17, 15) is 8.42 Å². The van der Waals surface area contributed by atoms with E-state index in [1.165, 1.54) is 0 Å². The van der Waals surface area contributed by atoms with Crippen LogP contribution < -0.4 is 10.5 Å². The summed E-state index contributed by atoms with van der Waals surface area (Å²) in [5.41, 5.74) is 6.25. The number of anilines is 1. The highest BCUT2D eigenvalue weighted by Crippen LogP contribution is 2.13. The van der Waals surface area contributed by atoms with Crippen LogP contribution in [0.15, 0.2) is 24.3 Å². The first-order valence-electron chi connectivity index (χ1n) is 6.61. The topological polar surface area (TPSA) is 69.4 Å². The van der Waals surface area contributed by atoms with Crippen molar-refractivity contribution >= 4 is 15.5 Å². The van der Waals surface area contributed by atoms with Crippen molar-refractivity contribution in [3.63, 3.8) is 0 Å². The Morgan fingerprint density at radius 3 is 2.47 bits per heavy atom. The second-order valence-electron chi connectivity index (χ2n) is 4.90. The number of hydrogen-bond donors (Lipinski definition) is 1. The summed E-state index contributed by atoms with van der Waals surface area (Å²) in [5.74, 6) is 1.40. The molecule has 0 amide bonds. The summed E-state index contributed by atoms with van der Waals surface area (Å²) in [6.45, 7) is 4.37. The van der Waals surface area contributed by atoms with Gasteiger partial charge >= 0.3 is 0 Å². The van der Waals surface area contributed by atoms with E-state index in [0.29, 0.717) is 24.5 Å². The number of ether oxygens (including phenoxy) is 1. The lowest BCUT2D eigenvalue weighted by molar-refractivity contribution is 0.317. The Balaban J connectivity index is 2.28. The summed E-state index contributed by atoms with van der Waals surface area (Å²) in [6.07, 6.45) is 1.41. The number of rotatable bonds is 8. The van der Waals surface area contributed by atoms with E-state index < -0.39 is 9.84 Å². The number of nitrogen functional groups attached to an aromatic ring is 1. The molecular weight excluding hydrogens is 262 g/mol. The quantitative estimate of drug-likeness (QED) is 0.588. The Morgan fingerprint density at radius 2 is 1.89 bits per heavy atom. The van der Waals surface area contributed by atoms with Crippen molar-refractivity contribution in [2.75, 3.05) is 23.8 Å². The summed E-state index contributed by atoms with van der Waals surface area (Å²) in [7, 11) is -2.95. The molecule has 0 saturated carbocycles. The van der Waals surface area contributed by atoms with E-state index in [0.717, 1.165) is 6.42 Å². The van der Waals surface area contributed by atoms with Crippen LogP contribution >= 0.6 is 0 Å². The molecule has 0 radical (unpaired) electrons. The third-order valence-electron chi connectivity index (χ3n) is 2.98. The van der Waals surface area contributed by atoms with Crippen LogP contribution in [0, 0.1) is 5.92 Å². The van der Waals surface area contributed by atoms with Crippen LogP contribution in [0.5, 0.6) is 5.75 Å². The van der Waals surface area contributed by atoms with E-state index in [1.54, 1.807) is 24.3 Å². The lowest BCUT2D eigenvalue weighted by Gasteiger charge is -2.10. The Bertz CT molecular complexity index is 468. The number of nitrogens with two attached hydrogens (primary N) is 1.